The minimum Gasteiger partial charge on any atom is -0.345 e. The van der Waals surface area contributed by atoms with Crippen LogP contribution in [-0.2, 0) is 9.59 Å². The molecule has 0 spiro atoms. The molecule has 2 amide bonds. The molecule has 6 nitrogen and oxygen atoms in total. The molecule has 0 aliphatic carbocycles. The van der Waals surface area contributed by atoms with Crippen LogP contribution in [0.15, 0.2) is 24.5 Å². The fraction of sp³-hybridized carbons (Fsp3) is 0.562. The summed E-state index contributed by atoms with van der Waals surface area (Å²) in [6.45, 7) is 8.41. The van der Waals surface area contributed by atoms with Crippen LogP contribution in [0.3, 0.4) is 0 Å². The molecule has 0 saturated carbocycles. The zero-order valence-corrected chi connectivity index (χ0v) is 13.6. The average Bonchev–Trinajstić information content (AvgIpc) is 2.35. The highest BCUT2D eigenvalue weighted by Crippen LogP contribution is 2.28. The first kappa shape index (κ1) is 16.4. The highest BCUT2D eigenvalue weighted by atomic mass is 16.2. The lowest BCUT2D eigenvalue weighted by Gasteiger charge is -2.46. The summed E-state index contributed by atoms with van der Waals surface area (Å²) in [6.07, 6.45) is 4.69. The fourth-order valence-corrected chi connectivity index (χ4v) is 3.30. The summed E-state index contributed by atoms with van der Waals surface area (Å²) < 4.78 is 0. The third-order valence-corrected chi connectivity index (χ3v) is 3.67. The number of carbonyl (C=O) groups excluding carboxylic acids is 2. The summed E-state index contributed by atoms with van der Waals surface area (Å²) in [5.74, 6) is -1.25. The second kappa shape index (κ2) is 6.04. The standard InChI is InChI=1S/C16H24N4O2/c1-15(2)9-12(10-16(3,4)20-15)19-14(22)13(21)18-11-5-7-17-8-6-11/h5-8,12,20H,9-10H2,1-4H3,(H,19,22)(H,17,18,21). The van der Waals surface area contributed by atoms with Crippen LogP contribution in [0.25, 0.3) is 0 Å². The lowest BCUT2D eigenvalue weighted by molar-refractivity contribution is -0.137. The van der Waals surface area contributed by atoms with Gasteiger partial charge in [0.05, 0.1) is 0 Å². The topological polar surface area (TPSA) is 83.1 Å². The van der Waals surface area contributed by atoms with Gasteiger partial charge >= 0.3 is 11.8 Å². The smallest absolute Gasteiger partial charge is 0.313 e. The maximum atomic E-state index is 12.1. The Hall–Kier alpha value is -1.95. The molecule has 120 valence electrons. The van der Waals surface area contributed by atoms with E-state index in [1.807, 2.05) is 0 Å². The second-order valence-corrected chi connectivity index (χ2v) is 7.16. The first-order valence-electron chi connectivity index (χ1n) is 7.48. The van der Waals surface area contributed by atoms with Gasteiger partial charge in [0.25, 0.3) is 0 Å². The van der Waals surface area contributed by atoms with Gasteiger partial charge in [-0.2, -0.15) is 0 Å². The van der Waals surface area contributed by atoms with Gasteiger partial charge in [0, 0.05) is 35.2 Å². The SMILES string of the molecule is CC1(C)CC(NC(=O)C(=O)Nc2ccncc2)CC(C)(C)N1. The molecule has 1 aromatic rings. The fourth-order valence-electron chi connectivity index (χ4n) is 3.30. The van der Waals surface area contributed by atoms with Crippen molar-refractivity contribution < 1.29 is 9.59 Å². The van der Waals surface area contributed by atoms with Gasteiger partial charge in [-0.3, -0.25) is 14.6 Å². The molecule has 0 bridgehead atoms. The summed E-state index contributed by atoms with van der Waals surface area (Å²) in [7, 11) is 0. The molecule has 3 N–H and O–H groups in total. The molecular weight excluding hydrogens is 280 g/mol. The van der Waals surface area contributed by atoms with Crippen LogP contribution in [0.1, 0.15) is 40.5 Å². The molecule has 1 saturated heterocycles. The molecular formula is C16H24N4O2. The van der Waals surface area contributed by atoms with E-state index >= 15 is 0 Å². The molecule has 0 aromatic carbocycles. The number of nitrogens with zero attached hydrogens (tertiary/aromatic N) is 1. The van der Waals surface area contributed by atoms with Crippen LogP contribution in [0.4, 0.5) is 5.69 Å². The Labute approximate surface area is 131 Å². The first-order valence-corrected chi connectivity index (χ1v) is 7.48. The number of anilines is 1. The Kier molecular flexibility index (Phi) is 4.51. The second-order valence-electron chi connectivity index (χ2n) is 7.16. The highest BCUT2D eigenvalue weighted by molar-refractivity contribution is 6.39. The first-order chi connectivity index (χ1) is 10.2. The van der Waals surface area contributed by atoms with Gasteiger partial charge in [-0.05, 0) is 52.7 Å². The quantitative estimate of drug-likeness (QED) is 0.722. The van der Waals surface area contributed by atoms with Crippen LogP contribution in [0.2, 0.25) is 0 Å². The Bertz CT molecular complexity index is 539. The predicted molar refractivity (Wildman–Crippen MR) is 85.3 cm³/mol. The Morgan fingerprint density at radius 1 is 1.09 bits per heavy atom. The summed E-state index contributed by atoms with van der Waals surface area (Å²) in [6, 6.07) is 3.26. The molecule has 2 rings (SSSR count). The average molecular weight is 304 g/mol. The van der Waals surface area contributed by atoms with E-state index < -0.39 is 11.8 Å². The van der Waals surface area contributed by atoms with Crippen molar-refractivity contribution in [3.8, 4) is 0 Å². The number of rotatable bonds is 2. The third kappa shape index (κ3) is 4.53. The number of piperidine rings is 1. The van der Waals surface area contributed by atoms with Crippen molar-refractivity contribution in [3.63, 3.8) is 0 Å². The third-order valence-electron chi connectivity index (χ3n) is 3.67. The molecule has 1 fully saturated rings. The molecule has 22 heavy (non-hydrogen) atoms. The molecule has 1 aliphatic rings. The number of amides is 2. The predicted octanol–water partition coefficient (Wildman–Crippen LogP) is 1.45. The Balaban J connectivity index is 1.95. The number of aromatic nitrogens is 1. The molecule has 2 heterocycles. The number of hydrogen-bond donors (Lipinski definition) is 3. The zero-order valence-electron chi connectivity index (χ0n) is 13.6. The van der Waals surface area contributed by atoms with Gasteiger partial charge in [0.1, 0.15) is 0 Å². The van der Waals surface area contributed by atoms with Crippen LogP contribution in [-0.4, -0.2) is 33.9 Å². The van der Waals surface area contributed by atoms with Crippen LogP contribution < -0.4 is 16.0 Å². The molecule has 1 aliphatic heterocycles. The van der Waals surface area contributed by atoms with E-state index in [9.17, 15) is 9.59 Å². The van der Waals surface area contributed by atoms with E-state index in [-0.39, 0.29) is 17.1 Å². The summed E-state index contributed by atoms with van der Waals surface area (Å²) >= 11 is 0. The molecule has 0 atom stereocenters. The van der Waals surface area contributed by atoms with Gasteiger partial charge in [-0.25, -0.2) is 0 Å². The van der Waals surface area contributed by atoms with Crippen molar-refractivity contribution in [1.29, 1.82) is 0 Å². The normalized spacial score (nSPS) is 20.2. The maximum absolute atomic E-state index is 12.1. The zero-order chi connectivity index (χ0) is 16.4. The Morgan fingerprint density at radius 3 is 2.18 bits per heavy atom. The van der Waals surface area contributed by atoms with Gasteiger partial charge in [0.2, 0.25) is 0 Å². The van der Waals surface area contributed by atoms with Crippen LogP contribution in [0, 0.1) is 0 Å². The minimum absolute atomic E-state index is 0.0260. The van der Waals surface area contributed by atoms with Gasteiger partial charge in [-0.1, -0.05) is 0 Å². The minimum atomic E-state index is -0.652. The lowest BCUT2D eigenvalue weighted by Crippen LogP contribution is -2.62. The van der Waals surface area contributed by atoms with Crippen molar-refractivity contribution in [2.45, 2.75) is 57.7 Å². The summed E-state index contributed by atoms with van der Waals surface area (Å²) in [5.41, 5.74) is 0.392. The van der Waals surface area contributed by atoms with Gasteiger partial charge < -0.3 is 16.0 Å². The van der Waals surface area contributed by atoms with E-state index in [0.717, 1.165) is 12.8 Å². The van der Waals surface area contributed by atoms with E-state index in [0.29, 0.717) is 5.69 Å². The lowest BCUT2D eigenvalue weighted by atomic mass is 9.79. The summed E-state index contributed by atoms with van der Waals surface area (Å²) in [4.78, 5) is 27.9. The molecule has 0 radical (unpaired) electrons. The van der Waals surface area contributed by atoms with Crippen molar-refractivity contribution in [2.24, 2.45) is 0 Å². The number of pyridine rings is 1. The largest absolute Gasteiger partial charge is 0.345 e. The van der Waals surface area contributed by atoms with Crippen molar-refractivity contribution in [3.05, 3.63) is 24.5 Å². The van der Waals surface area contributed by atoms with Gasteiger partial charge in [-0.15, -0.1) is 0 Å². The van der Waals surface area contributed by atoms with E-state index in [1.165, 1.54) is 0 Å². The van der Waals surface area contributed by atoms with Crippen molar-refractivity contribution in [1.82, 2.24) is 15.6 Å². The maximum Gasteiger partial charge on any atom is 0.313 e. The number of hydrogen-bond acceptors (Lipinski definition) is 4. The molecule has 0 unspecified atom stereocenters. The highest BCUT2D eigenvalue weighted by Gasteiger charge is 2.38. The van der Waals surface area contributed by atoms with Gasteiger partial charge in [0.15, 0.2) is 0 Å². The van der Waals surface area contributed by atoms with E-state index in [2.05, 4.69) is 48.6 Å². The summed E-state index contributed by atoms with van der Waals surface area (Å²) in [5, 5.41) is 8.96. The number of carbonyl (C=O) groups is 2. The van der Waals surface area contributed by atoms with Crippen LogP contribution >= 0.6 is 0 Å². The van der Waals surface area contributed by atoms with Crippen LogP contribution in [0.5, 0.6) is 0 Å². The monoisotopic (exact) mass is 304 g/mol. The Morgan fingerprint density at radius 2 is 1.64 bits per heavy atom. The molecule has 6 heteroatoms. The van der Waals surface area contributed by atoms with Crippen molar-refractivity contribution >= 4 is 17.5 Å². The van der Waals surface area contributed by atoms with Crippen molar-refractivity contribution in [2.75, 3.05) is 5.32 Å². The number of nitrogens with one attached hydrogen (secondary N) is 3. The van der Waals surface area contributed by atoms with E-state index in [4.69, 9.17) is 0 Å². The van der Waals surface area contributed by atoms with E-state index in [1.54, 1.807) is 24.5 Å². The molecule has 1 aromatic heterocycles.